The van der Waals surface area contributed by atoms with Gasteiger partial charge in [-0.15, -0.1) is 0 Å². The van der Waals surface area contributed by atoms with Crippen molar-refractivity contribution >= 4 is 58.3 Å². The maximum atomic E-state index is 12.6. The third kappa shape index (κ3) is 6.20. The van der Waals surface area contributed by atoms with E-state index in [2.05, 4.69) is 10.6 Å². The van der Waals surface area contributed by atoms with Gasteiger partial charge in [0.2, 0.25) is 0 Å². The molecule has 3 rings (SSSR count). The summed E-state index contributed by atoms with van der Waals surface area (Å²) in [5.41, 5.74) is 1.37. The van der Waals surface area contributed by atoms with Crippen LogP contribution in [0.2, 0.25) is 15.1 Å². The van der Waals surface area contributed by atoms with E-state index in [1.807, 2.05) is 0 Å². The number of carboxylic acid groups (broad SMARTS) is 1. The molecule has 0 aromatic heterocycles. The standard InChI is InChI=1S/C24H19Cl3N2O5/c1-34-15-9-10-16(19(27)12-15)22(30)29-20(24(32)33)11-13-5-7-14(8-6-13)28-23(31)21-17(25)3-2-4-18(21)26/h2-10,12,20H,11H2,1H3,(H,28,31)(H,29,30)(H,32,33). The van der Waals surface area contributed by atoms with E-state index < -0.39 is 23.8 Å². The Labute approximate surface area is 210 Å². The summed E-state index contributed by atoms with van der Waals surface area (Å²) < 4.78 is 5.05. The fraction of sp³-hybridized carbons (Fsp3) is 0.125. The first-order chi connectivity index (χ1) is 16.2. The lowest BCUT2D eigenvalue weighted by molar-refractivity contribution is -0.139. The van der Waals surface area contributed by atoms with Gasteiger partial charge in [-0.2, -0.15) is 0 Å². The number of nitrogens with one attached hydrogen (secondary N) is 2. The number of anilines is 1. The van der Waals surface area contributed by atoms with Crippen LogP contribution in [0.5, 0.6) is 5.75 Å². The van der Waals surface area contributed by atoms with Crippen molar-refractivity contribution in [3.8, 4) is 5.75 Å². The molecular formula is C24H19Cl3N2O5. The first-order valence-electron chi connectivity index (χ1n) is 9.91. The number of carboxylic acids is 1. The lowest BCUT2D eigenvalue weighted by Crippen LogP contribution is -2.42. The normalized spacial score (nSPS) is 11.4. The summed E-state index contributed by atoms with van der Waals surface area (Å²) in [6.07, 6.45) is 0.0133. The van der Waals surface area contributed by atoms with Gasteiger partial charge in [0.25, 0.3) is 11.8 Å². The van der Waals surface area contributed by atoms with Crippen molar-refractivity contribution in [2.75, 3.05) is 12.4 Å². The fourth-order valence-electron chi connectivity index (χ4n) is 3.11. The summed E-state index contributed by atoms with van der Waals surface area (Å²) >= 11 is 18.2. The van der Waals surface area contributed by atoms with E-state index in [0.29, 0.717) is 17.0 Å². The van der Waals surface area contributed by atoms with Crippen LogP contribution in [0.1, 0.15) is 26.3 Å². The molecule has 0 aliphatic rings. The van der Waals surface area contributed by atoms with E-state index in [1.54, 1.807) is 48.5 Å². The number of methoxy groups -OCH3 is 1. The van der Waals surface area contributed by atoms with Gasteiger partial charge in [-0.05, 0) is 48.0 Å². The van der Waals surface area contributed by atoms with Crippen molar-refractivity contribution in [3.05, 3.63) is 92.4 Å². The minimum Gasteiger partial charge on any atom is -0.497 e. The van der Waals surface area contributed by atoms with Gasteiger partial charge in [0.1, 0.15) is 11.8 Å². The van der Waals surface area contributed by atoms with E-state index >= 15 is 0 Å². The molecule has 3 N–H and O–H groups in total. The molecule has 0 bridgehead atoms. The summed E-state index contributed by atoms with van der Waals surface area (Å²) in [6, 6.07) is 14.5. The largest absolute Gasteiger partial charge is 0.497 e. The number of halogens is 3. The van der Waals surface area contributed by atoms with Crippen LogP contribution in [-0.4, -0.2) is 36.0 Å². The second-order valence-corrected chi connectivity index (χ2v) is 8.38. The Morgan fingerprint density at radius 3 is 2.12 bits per heavy atom. The van der Waals surface area contributed by atoms with Gasteiger partial charge in [0.05, 0.1) is 33.3 Å². The lowest BCUT2D eigenvalue weighted by Gasteiger charge is -2.16. The summed E-state index contributed by atoms with van der Waals surface area (Å²) in [4.78, 5) is 36.8. The number of aliphatic carboxylic acids is 1. The van der Waals surface area contributed by atoms with E-state index in [-0.39, 0.29) is 32.6 Å². The Balaban J connectivity index is 1.68. The molecule has 0 spiro atoms. The maximum Gasteiger partial charge on any atom is 0.326 e. The number of benzene rings is 3. The Hall–Kier alpha value is -3.26. The van der Waals surface area contributed by atoms with Crippen molar-refractivity contribution in [1.29, 1.82) is 0 Å². The van der Waals surface area contributed by atoms with Crippen molar-refractivity contribution in [1.82, 2.24) is 5.32 Å². The van der Waals surface area contributed by atoms with Gasteiger partial charge in [-0.25, -0.2) is 4.79 Å². The molecule has 0 heterocycles. The van der Waals surface area contributed by atoms with E-state index in [0.717, 1.165) is 0 Å². The number of rotatable bonds is 8. The van der Waals surface area contributed by atoms with Crippen LogP contribution in [0.4, 0.5) is 5.69 Å². The summed E-state index contributed by atoms with van der Waals surface area (Å²) in [6.45, 7) is 0. The van der Waals surface area contributed by atoms with E-state index in [1.165, 1.54) is 19.2 Å². The first-order valence-corrected chi connectivity index (χ1v) is 11.0. The summed E-state index contributed by atoms with van der Waals surface area (Å²) in [7, 11) is 1.47. The summed E-state index contributed by atoms with van der Waals surface area (Å²) in [5, 5.41) is 15.3. The monoisotopic (exact) mass is 520 g/mol. The highest BCUT2D eigenvalue weighted by Crippen LogP contribution is 2.26. The van der Waals surface area contributed by atoms with Gasteiger partial charge >= 0.3 is 5.97 Å². The Morgan fingerprint density at radius 2 is 1.56 bits per heavy atom. The van der Waals surface area contributed by atoms with Crippen LogP contribution >= 0.6 is 34.8 Å². The zero-order chi connectivity index (χ0) is 24.8. The predicted molar refractivity (Wildman–Crippen MR) is 131 cm³/mol. The molecule has 1 atom stereocenters. The Bertz CT molecular complexity index is 1210. The molecule has 0 radical (unpaired) electrons. The smallest absolute Gasteiger partial charge is 0.326 e. The average Bonchev–Trinajstić information content (AvgIpc) is 2.79. The van der Waals surface area contributed by atoms with Crippen LogP contribution in [0.3, 0.4) is 0 Å². The van der Waals surface area contributed by atoms with Crippen LogP contribution in [-0.2, 0) is 11.2 Å². The Morgan fingerprint density at radius 1 is 0.912 bits per heavy atom. The van der Waals surface area contributed by atoms with Crippen LogP contribution in [0, 0.1) is 0 Å². The zero-order valence-corrected chi connectivity index (χ0v) is 20.0. The molecule has 10 heteroatoms. The topological polar surface area (TPSA) is 105 Å². The van der Waals surface area contributed by atoms with E-state index in [4.69, 9.17) is 39.5 Å². The zero-order valence-electron chi connectivity index (χ0n) is 17.8. The van der Waals surface area contributed by atoms with Gasteiger partial charge < -0.3 is 20.5 Å². The average molecular weight is 522 g/mol. The molecule has 3 aromatic rings. The molecule has 7 nitrogen and oxygen atoms in total. The van der Waals surface area contributed by atoms with Crippen LogP contribution < -0.4 is 15.4 Å². The maximum absolute atomic E-state index is 12.6. The molecule has 0 aliphatic carbocycles. The first kappa shape index (κ1) is 25.4. The van der Waals surface area contributed by atoms with Gasteiger partial charge in [0.15, 0.2) is 0 Å². The van der Waals surface area contributed by atoms with Gasteiger partial charge in [0, 0.05) is 12.1 Å². The number of amides is 2. The van der Waals surface area contributed by atoms with Crippen LogP contribution in [0.15, 0.2) is 60.7 Å². The molecule has 1 unspecified atom stereocenters. The lowest BCUT2D eigenvalue weighted by atomic mass is 10.0. The molecular weight excluding hydrogens is 503 g/mol. The third-order valence-electron chi connectivity index (χ3n) is 4.87. The third-order valence-corrected chi connectivity index (χ3v) is 5.81. The molecule has 2 amide bonds. The van der Waals surface area contributed by atoms with Crippen molar-refractivity contribution in [2.24, 2.45) is 0 Å². The minimum atomic E-state index is -1.20. The van der Waals surface area contributed by atoms with Gasteiger partial charge in [-0.3, -0.25) is 9.59 Å². The Kier molecular flexibility index (Phi) is 8.39. The number of carbonyl (C=O) groups excluding carboxylic acids is 2. The highest BCUT2D eigenvalue weighted by Gasteiger charge is 2.23. The molecule has 0 saturated heterocycles. The van der Waals surface area contributed by atoms with Crippen molar-refractivity contribution < 1.29 is 24.2 Å². The molecule has 176 valence electrons. The van der Waals surface area contributed by atoms with Crippen molar-refractivity contribution in [2.45, 2.75) is 12.5 Å². The number of carbonyl (C=O) groups is 3. The second kappa shape index (κ2) is 11.2. The highest BCUT2D eigenvalue weighted by atomic mass is 35.5. The second-order valence-electron chi connectivity index (χ2n) is 7.16. The van der Waals surface area contributed by atoms with Crippen LogP contribution in [0.25, 0.3) is 0 Å². The van der Waals surface area contributed by atoms with Gasteiger partial charge in [-0.1, -0.05) is 53.0 Å². The fourth-order valence-corrected chi connectivity index (χ4v) is 3.94. The SMILES string of the molecule is COc1ccc(C(=O)NC(Cc2ccc(NC(=O)c3c(Cl)cccc3Cl)cc2)C(=O)O)c(Cl)c1. The van der Waals surface area contributed by atoms with E-state index in [9.17, 15) is 19.5 Å². The predicted octanol–water partition coefficient (Wildman–Crippen LogP) is 5.33. The van der Waals surface area contributed by atoms with Crippen molar-refractivity contribution in [3.63, 3.8) is 0 Å². The number of ether oxygens (including phenoxy) is 1. The number of hydrogen-bond donors (Lipinski definition) is 3. The molecule has 0 aliphatic heterocycles. The number of hydrogen-bond acceptors (Lipinski definition) is 4. The quantitative estimate of drug-likeness (QED) is 0.371. The molecule has 0 fully saturated rings. The molecule has 3 aromatic carbocycles. The molecule has 34 heavy (non-hydrogen) atoms. The highest BCUT2D eigenvalue weighted by molar-refractivity contribution is 6.40. The molecule has 0 saturated carbocycles. The summed E-state index contributed by atoms with van der Waals surface area (Å²) in [5.74, 6) is -1.83. The minimum absolute atomic E-state index is 0.0133.